The minimum Gasteiger partial charge on any atom is -0.166 e. The van der Waals surface area contributed by atoms with Crippen LogP contribution in [0.5, 0.6) is 0 Å². The zero-order valence-corrected chi connectivity index (χ0v) is 9.19. The molecule has 0 heterocycles. The summed E-state index contributed by atoms with van der Waals surface area (Å²) in [5.41, 5.74) is -6.44. The zero-order chi connectivity index (χ0) is 15.2. The monoisotopic (exact) mass is 316 g/mol. The third-order valence-corrected chi connectivity index (χ3v) is 2.42. The molecule has 0 aliphatic heterocycles. The van der Waals surface area contributed by atoms with Crippen LogP contribution in [0.4, 0.5) is 39.5 Å². The first kappa shape index (κ1) is 15.9. The highest BCUT2D eigenvalue weighted by atomic mass is 35.5. The molecule has 0 spiro atoms. The van der Waals surface area contributed by atoms with Crippen LogP contribution in [0.15, 0.2) is 12.1 Å². The van der Waals surface area contributed by atoms with Crippen LogP contribution in [0.2, 0.25) is 5.02 Å². The molecule has 0 bridgehead atoms. The van der Waals surface area contributed by atoms with E-state index in [9.17, 15) is 39.5 Å². The molecule has 0 aliphatic rings. The summed E-state index contributed by atoms with van der Waals surface area (Å²) in [5.74, 6) is 0. The summed E-state index contributed by atoms with van der Waals surface area (Å²) in [7, 11) is 0. The highest BCUT2D eigenvalue weighted by molar-refractivity contribution is 6.32. The molecule has 0 N–H and O–H groups in total. The zero-order valence-electron chi connectivity index (χ0n) is 8.43. The van der Waals surface area contributed by atoms with Gasteiger partial charge < -0.3 is 0 Å². The fourth-order valence-corrected chi connectivity index (χ4v) is 1.52. The van der Waals surface area contributed by atoms with Crippen molar-refractivity contribution < 1.29 is 39.5 Å². The van der Waals surface area contributed by atoms with Crippen molar-refractivity contribution in [2.75, 3.05) is 0 Å². The summed E-state index contributed by atoms with van der Waals surface area (Å²) in [4.78, 5) is 0. The first-order chi connectivity index (χ1) is 8.24. The van der Waals surface area contributed by atoms with Crippen molar-refractivity contribution in [3.8, 4) is 0 Å². The van der Waals surface area contributed by atoms with Gasteiger partial charge in [0.25, 0.3) is 0 Å². The summed E-state index contributed by atoms with van der Waals surface area (Å²) < 4.78 is 111. The van der Waals surface area contributed by atoms with E-state index in [0.717, 1.165) is 0 Å². The molecule has 19 heavy (non-hydrogen) atoms. The minimum atomic E-state index is -5.43. The SMILES string of the molecule is FC(F)(F)c1cc(C(F)(F)F)c(Cl)c(C(F)(F)F)c1. The van der Waals surface area contributed by atoms with E-state index in [-0.39, 0.29) is 0 Å². The summed E-state index contributed by atoms with van der Waals surface area (Å²) in [6, 6.07) is -0.921. The van der Waals surface area contributed by atoms with Gasteiger partial charge in [0.05, 0.1) is 21.7 Å². The Bertz CT molecular complexity index is 445. The molecule has 1 aromatic carbocycles. The molecular weight excluding hydrogens is 315 g/mol. The van der Waals surface area contributed by atoms with Crippen molar-refractivity contribution in [3.63, 3.8) is 0 Å². The first-order valence-electron chi connectivity index (χ1n) is 4.29. The van der Waals surface area contributed by atoms with Gasteiger partial charge in [-0.25, -0.2) is 0 Å². The molecular formula is C9H2ClF9. The minimum absolute atomic E-state index is 0.461. The Kier molecular flexibility index (Phi) is 3.74. The fourth-order valence-electron chi connectivity index (χ4n) is 1.20. The lowest BCUT2D eigenvalue weighted by Crippen LogP contribution is -2.16. The fraction of sp³-hybridized carbons (Fsp3) is 0.333. The molecule has 0 atom stereocenters. The quantitative estimate of drug-likeness (QED) is 0.562. The lowest BCUT2D eigenvalue weighted by atomic mass is 10.0. The maximum absolute atomic E-state index is 12.4. The third kappa shape index (κ3) is 3.46. The van der Waals surface area contributed by atoms with Gasteiger partial charge in [0.2, 0.25) is 0 Å². The van der Waals surface area contributed by atoms with Gasteiger partial charge >= 0.3 is 18.5 Å². The van der Waals surface area contributed by atoms with Crippen molar-refractivity contribution in [2.45, 2.75) is 18.5 Å². The van der Waals surface area contributed by atoms with Crippen LogP contribution >= 0.6 is 11.6 Å². The van der Waals surface area contributed by atoms with E-state index < -0.39 is 52.4 Å². The molecule has 1 aromatic rings. The number of hydrogen-bond donors (Lipinski definition) is 0. The van der Waals surface area contributed by atoms with E-state index in [4.69, 9.17) is 11.6 Å². The van der Waals surface area contributed by atoms with Gasteiger partial charge in [-0.1, -0.05) is 11.6 Å². The van der Waals surface area contributed by atoms with Crippen LogP contribution < -0.4 is 0 Å². The molecule has 10 heteroatoms. The van der Waals surface area contributed by atoms with Crippen molar-refractivity contribution in [2.24, 2.45) is 0 Å². The average molecular weight is 317 g/mol. The van der Waals surface area contributed by atoms with Crippen LogP contribution in [0, 0.1) is 0 Å². The maximum atomic E-state index is 12.4. The van der Waals surface area contributed by atoms with Crippen molar-refractivity contribution in [3.05, 3.63) is 33.8 Å². The van der Waals surface area contributed by atoms with Gasteiger partial charge in [0.15, 0.2) is 0 Å². The Balaban J connectivity index is 3.68. The summed E-state index contributed by atoms with van der Waals surface area (Å²) >= 11 is 4.89. The van der Waals surface area contributed by atoms with Gasteiger partial charge in [-0.2, -0.15) is 39.5 Å². The Labute approximate surface area is 104 Å². The molecule has 0 fully saturated rings. The van der Waals surface area contributed by atoms with E-state index in [0.29, 0.717) is 0 Å². The van der Waals surface area contributed by atoms with Crippen LogP contribution in [0.3, 0.4) is 0 Å². The highest BCUT2D eigenvalue weighted by Crippen LogP contribution is 2.45. The van der Waals surface area contributed by atoms with Crippen molar-refractivity contribution in [1.82, 2.24) is 0 Å². The first-order valence-corrected chi connectivity index (χ1v) is 4.67. The van der Waals surface area contributed by atoms with E-state index in [1.54, 1.807) is 0 Å². The highest BCUT2D eigenvalue weighted by Gasteiger charge is 2.44. The Morgan fingerprint density at radius 3 is 1.16 bits per heavy atom. The van der Waals surface area contributed by atoms with E-state index >= 15 is 0 Å². The normalized spacial score (nSPS) is 13.8. The molecule has 0 unspecified atom stereocenters. The molecule has 0 aliphatic carbocycles. The summed E-state index contributed by atoms with van der Waals surface area (Å²) in [5, 5.41) is -1.81. The predicted octanol–water partition coefficient (Wildman–Crippen LogP) is 5.40. The van der Waals surface area contributed by atoms with Crippen LogP contribution in [-0.2, 0) is 18.5 Å². The summed E-state index contributed by atoms with van der Waals surface area (Å²) in [6.45, 7) is 0. The van der Waals surface area contributed by atoms with Gasteiger partial charge in [-0.3, -0.25) is 0 Å². The van der Waals surface area contributed by atoms with Gasteiger partial charge in [-0.15, -0.1) is 0 Å². The molecule has 108 valence electrons. The van der Waals surface area contributed by atoms with Crippen LogP contribution in [-0.4, -0.2) is 0 Å². The van der Waals surface area contributed by atoms with Gasteiger partial charge in [-0.05, 0) is 12.1 Å². The lowest BCUT2D eigenvalue weighted by molar-refractivity contribution is -0.148. The predicted molar refractivity (Wildman–Crippen MR) is 46.5 cm³/mol. The average Bonchev–Trinajstić information content (AvgIpc) is 2.11. The molecule has 0 amide bonds. The Morgan fingerprint density at radius 1 is 0.632 bits per heavy atom. The second-order valence-electron chi connectivity index (χ2n) is 3.38. The number of halogens is 10. The molecule has 0 saturated carbocycles. The van der Waals surface area contributed by atoms with Crippen LogP contribution in [0.1, 0.15) is 16.7 Å². The second-order valence-corrected chi connectivity index (χ2v) is 3.76. The molecule has 0 radical (unpaired) electrons. The van der Waals surface area contributed by atoms with E-state index in [1.165, 1.54) is 0 Å². The molecule has 0 saturated heterocycles. The lowest BCUT2D eigenvalue weighted by Gasteiger charge is -2.17. The number of alkyl halides is 9. The Hall–Kier alpha value is -1.12. The third-order valence-electron chi connectivity index (χ3n) is 2.01. The molecule has 0 nitrogen and oxygen atoms in total. The van der Waals surface area contributed by atoms with Crippen LogP contribution in [0.25, 0.3) is 0 Å². The number of benzene rings is 1. The maximum Gasteiger partial charge on any atom is 0.417 e. The molecule has 1 rings (SSSR count). The second kappa shape index (κ2) is 4.46. The standard InChI is InChI=1S/C9H2ClF9/c10-6-4(8(14,15)16)1-3(7(11,12)13)2-5(6)9(17,18)19/h1-2H. The van der Waals surface area contributed by atoms with E-state index in [2.05, 4.69) is 0 Å². The van der Waals surface area contributed by atoms with E-state index in [1.807, 2.05) is 0 Å². The topological polar surface area (TPSA) is 0 Å². The van der Waals surface area contributed by atoms with Gasteiger partial charge in [0.1, 0.15) is 0 Å². The van der Waals surface area contributed by atoms with Crippen molar-refractivity contribution in [1.29, 1.82) is 0 Å². The van der Waals surface area contributed by atoms with Crippen molar-refractivity contribution >= 4 is 11.6 Å². The Morgan fingerprint density at radius 2 is 0.947 bits per heavy atom. The molecule has 0 aromatic heterocycles. The number of hydrogen-bond acceptors (Lipinski definition) is 0. The summed E-state index contributed by atoms with van der Waals surface area (Å²) in [6.07, 6.45) is -16.2. The van der Waals surface area contributed by atoms with Gasteiger partial charge in [0, 0.05) is 0 Å². The smallest absolute Gasteiger partial charge is 0.166 e. The largest absolute Gasteiger partial charge is 0.417 e. The number of rotatable bonds is 0.